The van der Waals surface area contributed by atoms with Gasteiger partial charge < -0.3 is 24.9 Å². The van der Waals surface area contributed by atoms with E-state index in [2.05, 4.69) is 33.4 Å². The molecule has 3 aliphatic rings. The number of fused-ring (bicyclic) bond motifs is 6. The molecule has 0 spiro atoms. The minimum absolute atomic E-state index is 0.0171. The Morgan fingerprint density at radius 3 is 2.90 bits per heavy atom. The number of nitrogens with zero attached hydrogens (tertiary/aromatic N) is 1. The SMILES string of the molecule is COC(=O)C1=CNC(OC)C2C1CC1c3[nH]c4ccccc4c3CCN1C2CO. The number of carbonyl (C=O) groups excluding carboxylic acids is 1. The van der Waals surface area contributed by atoms with Crippen LogP contribution in [0.3, 0.4) is 0 Å². The van der Waals surface area contributed by atoms with Gasteiger partial charge in [0.05, 0.1) is 25.3 Å². The van der Waals surface area contributed by atoms with Crippen molar-refractivity contribution in [1.29, 1.82) is 0 Å². The number of ether oxygens (including phenoxy) is 2. The lowest BCUT2D eigenvalue weighted by Gasteiger charge is -2.54. The van der Waals surface area contributed by atoms with E-state index < -0.39 is 0 Å². The number of methoxy groups -OCH3 is 2. The molecule has 4 heterocycles. The summed E-state index contributed by atoms with van der Waals surface area (Å²) in [4.78, 5) is 18.5. The average molecular weight is 397 g/mol. The van der Waals surface area contributed by atoms with Crippen molar-refractivity contribution in [1.82, 2.24) is 15.2 Å². The molecule has 5 unspecified atom stereocenters. The molecular weight excluding hydrogens is 370 g/mol. The summed E-state index contributed by atoms with van der Waals surface area (Å²) in [5.74, 6) is -0.407. The molecule has 1 saturated heterocycles. The number of rotatable bonds is 3. The van der Waals surface area contributed by atoms with Crippen LogP contribution < -0.4 is 5.32 Å². The van der Waals surface area contributed by atoms with Gasteiger partial charge in [0, 0.05) is 54.3 Å². The van der Waals surface area contributed by atoms with Gasteiger partial charge in [-0.3, -0.25) is 4.90 Å². The molecule has 7 heteroatoms. The summed E-state index contributed by atoms with van der Waals surface area (Å²) in [6.07, 6.45) is 3.20. The highest BCUT2D eigenvalue weighted by Crippen LogP contribution is 2.49. The Balaban J connectivity index is 1.61. The second kappa shape index (κ2) is 7.16. The fourth-order valence-electron chi connectivity index (χ4n) is 5.79. The van der Waals surface area contributed by atoms with Crippen LogP contribution in [-0.2, 0) is 20.7 Å². The largest absolute Gasteiger partial charge is 0.466 e. The van der Waals surface area contributed by atoms with Crippen LogP contribution in [0.25, 0.3) is 10.9 Å². The Labute approximate surface area is 169 Å². The normalized spacial score (nSPS) is 31.3. The zero-order valence-corrected chi connectivity index (χ0v) is 16.7. The minimum atomic E-state index is -0.320. The number of aromatic nitrogens is 1. The van der Waals surface area contributed by atoms with Crippen LogP contribution in [-0.4, -0.2) is 60.6 Å². The van der Waals surface area contributed by atoms with Crippen LogP contribution in [0, 0.1) is 11.8 Å². The molecule has 0 bridgehead atoms. The first kappa shape index (κ1) is 18.7. The fraction of sp³-hybridized carbons (Fsp3) is 0.500. The van der Waals surface area contributed by atoms with Crippen molar-refractivity contribution in [3.63, 3.8) is 0 Å². The van der Waals surface area contributed by atoms with Crippen LogP contribution in [0.1, 0.15) is 23.7 Å². The number of carbonyl (C=O) groups is 1. The number of hydrogen-bond donors (Lipinski definition) is 3. The fourth-order valence-corrected chi connectivity index (χ4v) is 5.79. The van der Waals surface area contributed by atoms with Gasteiger partial charge in [0.25, 0.3) is 0 Å². The predicted molar refractivity (Wildman–Crippen MR) is 108 cm³/mol. The van der Waals surface area contributed by atoms with E-state index in [-0.39, 0.29) is 42.7 Å². The smallest absolute Gasteiger partial charge is 0.335 e. The molecule has 3 aliphatic heterocycles. The molecule has 29 heavy (non-hydrogen) atoms. The average Bonchev–Trinajstić information content (AvgIpc) is 3.15. The second-order valence-corrected chi connectivity index (χ2v) is 8.15. The maximum Gasteiger partial charge on any atom is 0.335 e. The lowest BCUT2D eigenvalue weighted by Crippen LogP contribution is -2.62. The van der Waals surface area contributed by atoms with Crippen molar-refractivity contribution >= 4 is 16.9 Å². The summed E-state index contributed by atoms with van der Waals surface area (Å²) in [6, 6.07) is 8.41. The second-order valence-electron chi connectivity index (χ2n) is 8.15. The third kappa shape index (κ3) is 2.72. The molecule has 0 saturated carbocycles. The highest BCUT2D eigenvalue weighted by Gasteiger charge is 2.52. The molecule has 7 nitrogen and oxygen atoms in total. The summed E-state index contributed by atoms with van der Waals surface area (Å²) in [5.41, 5.74) is 4.35. The highest BCUT2D eigenvalue weighted by molar-refractivity contribution is 5.89. The number of benzene rings is 1. The molecule has 0 amide bonds. The zero-order valence-electron chi connectivity index (χ0n) is 16.7. The Morgan fingerprint density at radius 2 is 2.14 bits per heavy atom. The van der Waals surface area contributed by atoms with Gasteiger partial charge >= 0.3 is 5.97 Å². The lowest BCUT2D eigenvalue weighted by atomic mass is 9.69. The van der Waals surface area contributed by atoms with Crippen LogP contribution in [0.5, 0.6) is 0 Å². The van der Waals surface area contributed by atoms with Gasteiger partial charge in [-0.05, 0) is 24.5 Å². The zero-order chi connectivity index (χ0) is 20.1. The van der Waals surface area contributed by atoms with Crippen molar-refractivity contribution in [2.45, 2.75) is 31.2 Å². The quantitative estimate of drug-likeness (QED) is 0.684. The van der Waals surface area contributed by atoms with Crippen LogP contribution in [0.4, 0.5) is 0 Å². The van der Waals surface area contributed by atoms with Gasteiger partial charge in [-0.1, -0.05) is 18.2 Å². The number of esters is 1. The van der Waals surface area contributed by atoms with E-state index in [1.165, 1.54) is 23.8 Å². The molecule has 0 radical (unpaired) electrons. The van der Waals surface area contributed by atoms with Gasteiger partial charge in [0.15, 0.2) is 0 Å². The van der Waals surface area contributed by atoms with E-state index in [4.69, 9.17) is 9.47 Å². The maximum absolute atomic E-state index is 12.5. The van der Waals surface area contributed by atoms with Gasteiger partial charge in [0.2, 0.25) is 0 Å². The van der Waals surface area contributed by atoms with E-state index in [1.54, 1.807) is 13.3 Å². The van der Waals surface area contributed by atoms with Crippen molar-refractivity contribution in [3.05, 3.63) is 47.3 Å². The molecule has 5 atom stereocenters. The van der Waals surface area contributed by atoms with E-state index in [0.717, 1.165) is 24.9 Å². The van der Waals surface area contributed by atoms with Gasteiger partial charge in [-0.2, -0.15) is 0 Å². The molecule has 154 valence electrons. The van der Waals surface area contributed by atoms with Crippen LogP contribution >= 0.6 is 0 Å². The van der Waals surface area contributed by atoms with E-state index >= 15 is 0 Å². The Hall–Kier alpha value is -2.35. The number of nitrogens with one attached hydrogen (secondary N) is 2. The number of hydrogen-bond acceptors (Lipinski definition) is 6. The number of piperidine rings is 1. The van der Waals surface area contributed by atoms with Gasteiger partial charge in [-0.15, -0.1) is 0 Å². The Bertz CT molecular complexity index is 968. The molecule has 5 rings (SSSR count). The minimum Gasteiger partial charge on any atom is -0.466 e. The van der Waals surface area contributed by atoms with Crippen molar-refractivity contribution in [3.8, 4) is 0 Å². The lowest BCUT2D eigenvalue weighted by molar-refractivity contribution is -0.140. The summed E-state index contributed by atoms with van der Waals surface area (Å²) in [7, 11) is 3.08. The van der Waals surface area contributed by atoms with Crippen molar-refractivity contribution in [2.24, 2.45) is 11.8 Å². The molecule has 0 aliphatic carbocycles. The predicted octanol–water partition coefficient (Wildman–Crippen LogP) is 1.70. The molecule has 1 aromatic heterocycles. The van der Waals surface area contributed by atoms with Gasteiger partial charge in [-0.25, -0.2) is 4.79 Å². The molecule has 1 aromatic carbocycles. The first-order valence-electron chi connectivity index (χ1n) is 10.2. The summed E-state index contributed by atoms with van der Waals surface area (Å²) >= 11 is 0. The topological polar surface area (TPSA) is 86.8 Å². The van der Waals surface area contributed by atoms with Crippen LogP contribution in [0.15, 0.2) is 36.0 Å². The van der Waals surface area contributed by atoms with Gasteiger partial charge in [0.1, 0.15) is 6.23 Å². The summed E-state index contributed by atoms with van der Waals surface area (Å²) in [6.45, 7) is 0.894. The Kier molecular flexibility index (Phi) is 4.61. The third-order valence-electron chi connectivity index (χ3n) is 7.03. The van der Waals surface area contributed by atoms with E-state index in [9.17, 15) is 9.90 Å². The number of H-pyrrole nitrogens is 1. The monoisotopic (exact) mass is 397 g/mol. The first-order valence-corrected chi connectivity index (χ1v) is 10.2. The first-order chi connectivity index (χ1) is 14.2. The van der Waals surface area contributed by atoms with E-state index in [0.29, 0.717) is 5.57 Å². The molecule has 3 N–H and O–H groups in total. The Morgan fingerprint density at radius 1 is 1.31 bits per heavy atom. The summed E-state index contributed by atoms with van der Waals surface area (Å²) < 4.78 is 10.8. The highest BCUT2D eigenvalue weighted by atomic mass is 16.5. The maximum atomic E-state index is 12.5. The number of aliphatic hydroxyl groups is 1. The molecule has 2 aromatic rings. The van der Waals surface area contributed by atoms with Crippen molar-refractivity contribution in [2.75, 3.05) is 27.4 Å². The number of para-hydroxylation sites is 1. The standard InChI is InChI=1S/C22H27N3O4/c1-28-21-19-14(15(10-23-21)22(27)29-2)9-17-20-13(7-8-25(17)18(19)11-26)12-5-3-4-6-16(12)24-20/h3-6,10,14,17-19,21,23-24,26H,7-9,11H2,1-2H3. The van der Waals surface area contributed by atoms with Crippen molar-refractivity contribution < 1.29 is 19.4 Å². The molecule has 1 fully saturated rings. The van der Waals surface area contributed by atoms with E-state index in [1.807, 2.05) is 6.07 Å². The third-order valence-corrected chi connectivity index (χ3v) is 7.03. The summed E-state index contributed by atoms with van der Waals surface area (Å²) in [5, 5.41) is 14.9. The number of aromatic amines is 1. The van der Waals surface area contributed by atoms with Crippen LogP contribution in [0.2, 0.25) is 0 Å². The number of aliphatic hydroxyl groups excluding tert-OH is 1. The molecular formula is C22H27N3O4.